The van der Waals surface area contributed by atoms with Gasteiger partial charge in [0.05, 0.1) is 22.9 Å². The van der Waals surface area contributed by atoms with Gasteiger partial charge in [0.15, 0.2) is 0 Å². The van der Waals surface area contributed by atoms with Crippen LogP contribution in [0.25, 0.3) is 11.0 Å². The molecule has 8 heteroatoms. The molecule has 0 unspecified atom stereocenters. The fraction of sp³-hybridized carbons (Fsp3) is 0.440. The molecule has 1 fully saturated rings. The van der Waals surface area contributed by atoms with E-state index < -0.39 is 0 Å². The van der Waals surface area contributed by atoms with Crippen molar-refractivity contribution in [2.75, 3.05) is 38.1 Å². The van der Waals surface area contributed by atoms with Gasteiger partial charge in [0.25, 0.3) is 11.5 Å². The van der Waals surface area contributed by atoms with Crippen LogP contribution in [0.3, 0.4) is 0 Å². The Labute approximate surface area is 194 Å². The first-order valence-corrected chi connectivity index (χ1v) is 11.6. The summed E-state index contributed by atoms with van der Waals surface area (Å²) in [5.74, 6) is -0.177. The largest absolute Gasteiger partial charge is 0.368 e. The first-order chi connectivity index (χ1) is 15.9. The number of nitrogens with zero attached hydrogens (tertiary/aromatic N) is 5. The Balaban J connectivity index is 1.46. The zero-order valence-corrected chi connectivity index (χ0v) is 19.8. The minimum atomic E-state index is -0.177. The number of pyridine rings is 3. The normalized spacial score (nSPS) is 14.8. The van der Waals surface area contributed by atoms with Crippen molar-refractivity contribution in [1.29, 1.82) is 0 Å². The highest BCUT2D eigenvalue weighted by Crippen LogP contribution is 2.20. The zero-order valence-electron chi connectivity index (χ0n) is 19.8. The number of amides is 1. The molecule has 0 saturated carbocycles. The predicted octanol–water partition coefficient (Wildman–Crippen LogP) is 2.62. The number of carbonyl (C=O) groups excluding carboxylic acids is 1. The molecular weight excluding hydrogens is 416 g/mol. The molecule has 4 heterocycles. The maximum atomic E-state index is 12.9. The molecular formula is C25H32N6O2. The summed E-state index contributed by atoms with van der Waals surface area (Å²) in [6.45, 7) is 10.5. The number of carbonyl (C=O) groups is 1. The summed E-state index contributed by atoms with van der Waals surface area (Å²) in [4.78, 5) is 38.3. The molecule has 174 valence electrons. The van der Waals surface area contributed by atoms with Gasteiger partial charge in [-0.3, -0.25) is 19.5 Å². The van der Waals surface area contributed by atoms with Crippen LogP contribution in [0.1, 0.15) is 48.4 Å². The maximum Gasteiger partial charge on any atom is 0.269 e. The van der Waals surface area contributed by atoms with Crippen molar-refractivity contribution in [2.45, 2.75) is 39.8 Å². The van der Waals surface area contributed by atoms with Crippen LogP contribution in [-0.2, 0) is 13.0 Å². The number of aromatic nitrogens is 3. The lowest BCUT2D eigenvalue weighted by atomic mass is 10.1. The van der Waals surface area contributed by atoms with Gasteiger partial charge in [-0.15, -0.1) is 0 Å². The average Bonchev–Trinajstić information content (AvgIpc) is 2.83. The fourth-order valence-corrected chi connectivity index (χ4v) is 4.41. The topological polar surface area (TPSA) is 83.4 Å². The predicted molar refractivity (Wildman–Crippen MR) is 131 cm³/mol. The molecule has 0 atom stereocenters. The molecule has 1 saturated heterocycles. The van der Waals surface area contributed by atoms with Crippen molar-refractivity contribution in [3.63, 3.8) is 0 Å². The molecule has 0 spiro atoms. The average molecular weight is 449 g/mol. The fourth-order valence-electron chi connectivity index (χ4n) is 4.41. The number of aryl methyl sites for hydroxylation is 1. The standard InChI is InChI=1S/C25H32N6O2/c1-5-19-13-22-23(31(17(2)3)25(19)33)12-18(14-27-22)16-29-8-10-30(11-9-29)20-6-7-21(28-15-20)24(32)26-4/h6-7,12-15,17H,5,8-11,16H2,1-4H3,(H,26,32). The molecule has 0 aliphatic carbocycles. The molecule has 1 aliphatic heterocycles. The van der Waals surface area contributed by atoms with Crippen LogP contribution in [0.5, 0.6) is 0 Å². The highest BCUT2D eigenvalue weighted by Gasteiger charge is 2.19. The Bertz CT molecular complexity index is 1190. The molecule has 0 bridgehead atoms. The summed E-state index contributed by atoms with van der Waals surface area (Å²) >= 11 is 0. The highest BCUT2D eigenvalue weighted by molar-refractivity contribution is 5.92. The Morgan fingerprint density at radius 2 is 1.85 bits per heavy atom. The molecule has 1 N–H and O–H groups in total. The number of piperazine rings is 1. The van der Waals surface area contributed by atoms with E-state index in [1.807, 2.05) is 43.7 Å². The van der Waals surface area contributed by atoms with E-state index in [1.165, 1.54) is 0 Å². The minimum Gasteiger partial charge on any atom is -0.368 e. The van der Waals surface area contributed by atoms with E-state index >= 15 is 0 Å². The molecule has 8 nitrogen and oxygen atoms in total. The summed E-state index contributed by atoms with van der Waals surface area (Å²) in [5.41, 5.74) is 5.25. The number of anilines is 1. The van der Waals surface area contributed by atoms with Gasteiger partial charge in [0.1, 0.15) is 5.69 Å². The summed E-state index contributed by atoms with van der Waals surface area (Å²) in [6, 6.07) is 7.85. The summed E-state index contributed by atoms with van der Waals surface area (Å²) in [6.07, 6.45) is 4.41. The summed E-state index contributed by atoms with van der Waals surface area (Å²) < 4.78 is 1.87. The lowest BCUT2D eigenvalue weighted by molar-refractivity contribution is 0.0958. The van der Waals surface area contributed by atoms with Crippen LogP contribution in [0.2, 0.25) is 0 Å². The van der Waals surface area contributed by atoms with Crippen molar-refractivity contribution in [1.82, 2.24) is 24.8 Å². The zero-order chi connectivity index (χ0) is 23.5. The van der Waals surface area contributed by atoms with Crippen molar-refractivity contribution in [3.8, 4) is 0 Å². The van der Waals surface area contributed by atoms with Crippen LogP contribution in [-0.4, -0.2) is 58.6 Å². The minimum absolute atomic E-state index is 0.0792. The second-order valence-corrected chi connectivity index (χ2v) is 8.78. The quantitative estimate of drug-likeness (QED) is 0.624. The summed E-state index contributed by atoms with van der Waals surface area (Å²) in [5, 5.41) is 2.59. The van der Waals surface area contributed by atoms with Gasteiger partial charge in [-0.2, -0.15) is 0 Å². The van der Waals surface area contributed by atoms with Gasteiger partial charge in [-0.1, -0.05) is 6.92 Å². The molecule has 1 aliphatic rings. The number of hydrogen-bond acceptors (Lipinski definition) is 6. The number of nitrogens with one attached hydrogen (secondary N) is 1. The van der Waals surface area contributed by atoms with E-state index in [0.29, 0.717) is 12.1 Å². The lowest BCUT2D eigenvalue weighted by Crippen LogP contribution is -2.46. The Morgan fingerprint density at radius 1 is 1.09 bits per heavy atom. The number of rotatable bonds is 6. The number of fused-ring (bicyclic) bond motifs is 1. The van der Waals surface area contributed by atoms with E-state index in [1.54, 1.807) is 19.3 Å². The first kappa shape index (κ1) is 22.9. The van der Waals surface area contributed by atoms with Crippen molar-refractivity contribution in [3.05, 3.63) is 63.8 Å². The monoisotopic (exact) mass is 448 g/mol. The molecule has 3 aromatic rings. The Kier molecular flexibility index (Phi) is 6.74. The van der Waals surface area contributed by atoms with Crippen LogP contribution in [0.4, 0.5) is 5.69 Å². The smallest absolute Gasteiger partial charge is 0.269 e. The third-order valence-corrected chi connectivity index (χ3v) is 6.27. The second-order valence-electron chi connectivity index (χ2n) is 8.78. The van der Waals surface area contributed by atoms with E-state index in [4.69, 9.17) is 4.98 Å². The van der Waals surface area contributed by atoms with Crippen LogP contribution >= 0.6 is 0 Å². The van der Waals surface area contributed by atoms with Gasteiger partial charge < -0.3 is 14.8 Å². The van der Waals surface area contributed by atoms with Gasteiger partial charge in [0, 0.05) is 57.6 Å². The Morgan fingerprint density at radius 3 is 2.45 bits per heavy atom. The maximum absolute atomic E-state index is 12.9. The van der Waals surface area contributed by atoms with Crippen molar-refractivity contribution >= 4 is 22.6 Å². The van der Waals surface area contributed by atoms with Gasteiger partial charge in [0.2, 0.25) is 0 Å². The molecule has 3 aromatic heterocycles. The van der Waals surface area contributed by atoms with Crippen molar-refractivity contribution in [2.24, 2.45) is 0 Å². The van der Waals surface area contributed by atoms with Crippen LogP contribution in [0, 0.1) is 0 Å². The lowest BCUT2D eigenvalue weighted by Gasteiger charge is -2.36. The molecule has 0 radical (unpaired) electrons. The first-order valence-electron chi connectivity index (χ1n) is 11.6. The second kappa shape index (κ2) is 9.70. The van der Waals surface area contributed by atoms with Gasteiger partial charge in [-0.25, -0.2) is 4.98 Å². The van der Waals surface area contributed by atoms with E-state index in [0.717, 1.165) is 60.6 Å². The SMILES string of the molecule is CCc1cc2ncc(CN3CCN(c4ccc(C(=O)NC)nc4)CC3)cc2n(C(C)C)c1=O. The highest BCUT2D eigenvalue weighted by atomic mass is 16.1. The van der Waals surface area contributed by atoms with Crippen LogP contribution in [0.15, 0.2) is 41.5 Å². The molecule has 33 heavy (non-hydrogen) atoms. The molecule has 4 rings (SSSR count). The van der Waals surface area contributed by atoms with Gasteiger partial charge in [-0.05, 0) is 50.1 Å². The summed E-state index contributed by atoms with van der Waals surface area (Å²) in [7, 11) is 1.60. The van der Waals surface area contributed by atoms with E-state index in [-0.39, 0.29) is 17.5 Å². The third-order valence-electron chi connectivity index (χ3n) is 6.27. The molecule has 1 amide bonds. The third kappa shape index (κ3) is 4.75. The van der Waals surface area contributed by atoms with E-state index in [9.17, 15) is 9.59 Å². The van der Waals surface area contributed by atoms with Gasteiger partial charge >= 0.3 is 0 Å². The van der Waals surface area contributed by atoms with E-state index in [2.05, 4.69) is 26.2 Å². The van der Waals surface area contributed by atoms with Crippen LogP contribution < -0.4 is 15.8 Å². The number of hydrogen-bond donors (Lipinski definition) is 1. The Hall–Kier alpha value is -3.26. The molecule has 0 aromatic carbocycles. The van der Waals surface area contributed by atoms with Crippen molar-refractivity contribution < 1.29 is 4.79 Å².